The summed E-state index contributed by atoms with van der Waals surface area (Å²) in [6.45, 7) is 0. The van der Waals surface area contributed by atoms with Crippen molar-refractivity contribution < 1.29 is 5.11 Å². The Bertz CT molecular complexity index is 399. The maximum absolute atomic E-state index is 9.80. The third kappa shape index (κ3) is 2.15. The van der Waals surface area contributed by atoms with E-state index in [0.717, 1.165) is 10.7 Å². The number of aliphatic hydroxyl groups excluding tert-OH is 1. The van der Waals surface area contributed by atoms with Crippen molar-refractivity contribution in [2.45, 2.75) is 12.5 Å². The molecular weight excluding hydrogens is 220 g/mol. The summed E-state index contributed by atoms with van der Waals surface area (Å²) in [5.74, 6) is 0.780. The van der Waals surface area contributed by atoms with Crippen molar-refractivity contribution >= 4 is 22.9 Å². The van der Waals surface area contributed by atoms with Crippen LogP contribution in [-0.2, 0) is 6.42 Å². The Morgan fingerprint density at radius 3 is 3.00 bits per heavy atom. The minimum absolute atomic E-state index is 0.490. The second-order valence-corrected chi connectivity index (χ2v) is 4.64. The van der Waals surface area contributed by atoms with Gasteiger partial charge in [0.1, 0.15) is 5.82 Å². The van der Waals surface area contributed by atoms with E-state index in [1.54, 1.807) is 18.5 Å². The van der Waals surface area contributed by atoms with Gasteiger partial charge in [0.15, 0.2) is 0 Å². The molecule has 0 bridgehead atoms. The number of hydrogen-bond donors (Lipinski definition) is 2. The van der Waals surface area contributed by atoms with Crippen molar-refractivity contribution in [2.24, 2.45) is 0 Å². The second-order valence-electron chi connectivity index (χ2n) is 2.90. The summed E-state index contributed by atoms with van der Waals surface area (Å²) < 4.78 is 0.693. The summed E-state index contributed by atoms with van der Waals surface area (Å²) in [6.07, 6.45) is 3.37. The molecule has 2 aromatic rings. The molecule has 2 rings (SSSR count). The predicted octanol–water partition coefficient (Wildman–Crippen LogP) is 2.40. The van der Waals surface area contributed by atoms with Crippen LogP contribution in [0.25, 0.3) is 0 Å². The number of aromatic amines is 1. The molecule has 1 unspecified atom stereocenters. The number of thiophene rings is 1. The van der Waals surface area contributed by atoms with Crippen molar-refractivity contribution in [1.29, 1.82) is 0 Å². The monoisotopic (exact) mass is 228 g/mol. The lowest BCUT2D eigenvalue weighted by Gasteiger charge is -2.05. The molecule has 0 aliphatic carbocycles. The van der Waals surface area contributed by atoms with E-state index in [2.05, 4.69) is 9.97 Å². The van der Waals surface area contributed by atoms with E-state index in [9.17, 15) is 5.11 Å². The average Bonchev–Trinajstić information content (AvgIpc) is 2.75. The van der Waals surface area contributed by atoms with Crippen molar-refractivity contribution in [3.63, 3.8) is 0 Å². The van der Waals surface area contributed by atoms with Gasteiger partial charge in [0, 0.05) is 23.7 Å². The molecule has 14 heavy (non-hydrogen) atoms. The zero-order valence-electron chi connectivity index (χ0n) is 7.27. The largest absolute Gasteiger partial charge is 0.387 e. The zero-order valence-corrected chi connectivity index (χ0v) is 8.85. The summed E-state index contributed by atoms with van der Waals surface area (Å²) >= 11 is 7.16. The lowest BCUT2D eigenvalue weighted by Crippen LogP contribution is -2.00. The summed E-state index contributed by atoms with van der Waals surface area (Å²) in [5.41, 5.74) is 0. The molecule has 0 aliphatic heterocycles. The molecule has 2 N–H and O–H groups in total. The van der Waals surface area contributed by atoms with Crippen LogP contribution in [0.4, 0.5) is 0 Å². The predicted molar refractivity (Wildman–Crippen MR) is 56.6 cm³/mol. The molecule has 0 spiro atoms. The van der Waals surface area contributed by atoms with Gasteiger partial charge < -0.3 is 10.1 Å². The van der Waals surface area contributed by atoms with Crippen LogP contribution >= 0.6 is 22.9 Å². The molecule has 74 valence electrons. The first kappa shape index (κ1) is 9.71. The highest BCUT2D eigenvalue weighted by Crippen LogP contribution is 2.28. The number of aromatic nitrogens is 2. The SMILES string of the molecule is OC(Cc1ncc[nH]1)c1ccc(Cl)s1. The van der Waals surface area contributed by atoms with E-state index in [1.165, 1.54) is 11.3 Å². The first-order chi connectivity index (χ1) is 6.75. The molecule has 0 aromatic carbocycles. The first-order valence-electron chi connectivity index (χ1n) is 4.17. The minimum Gasteiger partial charge on any atom is -0.387 e. The highest BCUT2D eigenvalue weighted by atomic mass is 35.5. The van der Waals surface area contributed by atoms with Gasteiger partial charge in [-0.2, -0.15) is 0 Å². The summed E-state index contributed by atoms with van der Waals surface area (Å²) in [5, 5.41) is 9.80. The van der Waals surface area contributed by atoms with E-state index in [1.807, 2.05) is 6.07 Å². The normalized spacial score (nSPS) is 13.0. The van der Waals surface area contributed by atoms with E-state index >= 15 is 0 Å². The molecule has 0 amide bonds. The molecule has 3 nitrogen and oxygen atoms in total. The number of aliphatic hydroxyl groups is 1. The van der Waals surface area contributed by atoms with Crippen LogP contribution in [0, 0.1) is 0 Å². The first-order valence-corrected chi connectivity index (χ1v) is 5.36. The van der Waals surface area contributed by atoms with Gasteiger partial charge in [-0.15, -0.1) is 11.3 Å². The molecule has 0 saturated heterocycles. The molecule has 2 aromatic heterocycles. The number of H-pyrrole nitrogens is 1. The molecule has 2 heterocycles. The highest BCUT2D eigenvalue weighted by Gasteiger charge is 2.11. The van der Waals surface area contributed by atoms with Crippen molar-refractivity contribution in [3.05, 3.63) is 39.6 Å². The summed E-state index contributed by atoms with van der Waals surface area (Å²) in [6, 6.07) is 3.62. The number of rotatable bonds is 3. The van der Waals surface area contributed by atoms with Crippen LogP contribution in [-0.4, -0.2) is 15.1 Å². The molecule has 0 saturated carbocycles. The smallest absolute Gasteiger partial charge is 0.108 e. The topological polar surface area (TPSA) is 48.9 Å². The van der Waals surface area contributed by atoms with Crippen molar-refractivity contribution in [1.82, 2.24) is 9.97 Å². The Kier molecular flexibility index (Phi) is 2.86. The van der Waals surface area contributed by atoms with Gasteiger partial charge in [0.05, 0.1) is 10.4 Å². The second kappa shape index (κ2) is 4.13. The van der Waals surface area contributed by atoms with E-state index < -0.39 is 6.10 Å². The lowest BCUT2D eigenvalue weighted by atomic mass is 10.2. The Morgan fingerprint density at radius 1 is 1.57 bits per heavy atom. The fraction of sp³-hybridized carbons (Fsp3) is 0.222. The number of nitrogens with one attached hydrogen (secondary N) is 1. The van der Waals surface area contributed by atoms with Gasteiger partial charge >= 0.3 is 0 Å². The Labute approximate surface area is 90.4 Å². The van der Waals surface area contributed by atoms with Gasteiger partial charge in [-0.3, -0.25) is 0 Å². The number of hydrogen-bond acceptors (Lipinski definition) is 3. The standard InChI is InChI=1S/C9H9ClN2OS/c10-8-2-1-7(14-8)6(13)5-9-11-3-4-12-9/h1-4,6,13H,5H2,(H,11,12). The third-order valence-electron chi connectivity index (χ3n) is 1.86. The Balaban J connectivity index is 2.06. The average molecular weight is 229 g/mol. The Morgan fingerprint density at radius 2 is 2.43 bits per heavy atom. The molecule has 0 aliphatic rings. The number of nitrogens with zero attached hydrogens (tertiary/aromatic N) is 1. The summed E-state index contributed by atoms with van der Waals surface area (Å²) in [7, 11) is 0. The quantitative estimate of drug-likeness (QED) is 0.848. The van der Waals surface area contributed by atoms with Crippen molar-refractivity contribution in [3.8, 4) is 0 Å². The molecule has 5 heteroatoms. The maximum atomic E-state index is 9.80. The molecule has 0 radical (unpaired) electrons. The zero-order chi connectivity index (χ0) is 9.97. The maximum Gasteiger partial charge on any atom is 0.108 e. The van der Waals surface area contributed by atoms with Gasteiger partial charge in [0.25, 0.3) is 0 Å². The van der Waals surface area contributed by atoms with Crippen LogP contribution in [0.15, 0.2) is 24.5 Å². The molecule has 1 atom stereocenters. The van der Waals surface area contributed by atoms with E-state index in [4.69, 9.17) is 11.6 Å². The lowest BCUT2D eigenvalue weighted by molar-refractivity contribution is 0.180. The van der Waals surface area contributed by atoms with Crippen LogP contribution < -0.4 is 0 Å². The van der Waals surface area contributed by atoms with Gasteiger partial charge in [0.2, 0.25) is 0 Å². The number of imidazole rings is 1. The minimum atomic E-state index is -0.529. The third-order valence-corrected chi connectivity index (χ3v) is 3.20. The highest BCUT2D eigenvalue weighted by molar-refractivity contribution is 7.16. The van der Waals surface area contributed by atoms with Crippen LogP contribution in [0.5, 0.6) is 0 Å². The fourth-order valence-electron chi connectivity index (χ4n) is 1.20. The van der Waals surface area contributed by atoms with E-state index in [-0.39, 0.29) is 0 Å². The van der Waals surface area contributed by atoms with Crippen LogP contribution in [0.2, 0.25) is 4.34 Å². The van der Waals surface area contributed by atoms with Crippen LogP contribution in [0.3, 0.4) is 0 Å². The van der Waals surface area contributed by atoms with Gasteiger partial charge in [-0.05, 0) is 12.1 Å². The number of halogens is 1. The van der Waals surface area contributed by atoms with E-state index in [0.29, 0.717) is 10.8 Å². The van der Waals surface area contributed by atoms with Crippen molar-refractivity contribution in [2.75, 3.05) is 0 Å². The van der Waals surface area contributed by atoms with Gasteiger partial charge in [-0.25, -0.2) is 4.98 Å². The molecule has 0 fully saturated rings. The summed E-state index contributed by atoms with van der Waals surface area (Å²) in [4.78, 5) is 7.86. The van der Waals surface area contributed by atoms with Crippen LogP contribution in [0.1, 0.15) is 16.8 Å². The van der Waals surface area contributed by atoms with Gasteiger partial charge in [-0.1, -0.05) is 11.6 Å². The Hall–Kier alpha value is -0.840. The fourth-order valence-corrected chi connectivity index (χ4v) is 2.25. The molecular formula is C9H9ClN2OS.